The summed E-state index contributed by atoms with van der Waals surface area (Å²) in [5, 5.41) is 13.5. The van der Waals surface area contributed by atoms with Crippen LogP contribution in [0.4, 0.5) is 0 Å². The van der Waals surface area contributed by atoms with E-state index in [2.05, 4.69) is 5.32 Å². The molecule has 0 aliphatic heterocycles. The average Bonchev–Trinajstić information content (AvgIpc) is 3.06. The van der Waals surface area contributed by atoms with Gasteiger partial charge < -0.3 is 14.8 Å². The van der Waals surface area contributed by atoms with E-state index >= 15 is 0 Å². The molecule has 1 amide bonds. The van der Waals surface area contributed by atoms with Crippen LogP contribution in [0.5, 0.6) is 0 Å². The van der Waals surface area contributed by atoms with Crippen molar-refractivity contribution in [2.24, 2.45) is 0 Å². The Balaban J connectivity index is 1.71. The number of hydrogen-bond donors (Lipinski definition) is 2. The maximum atomic E-state index is 12.0. The monoisotopic (exact) mass is 311 g/mol. The molecule has 1 aliphatic rings. The number of nitrogens with one attached hydrogen (secondary N) is 1. The summed E-state index contributed by atoms with van der Waals surface area (Å²) in [5.41, 5.74) is -0.259. The Labute approximate surface area is 125 Å². The van der Waals surface area contributed by atoms with Crippen LogP contribution in [-0.4, -0.2) is 17.6 Å². The summed E-state index contributed by atoms with van der Waals surface area (Å²) in [6, 6.07) is 5.14. The van der Waals surface area contributed by atoms with Crippen molar-refractivity contribution in [2.45, 2.75) is 24.9 Å². The summed E-state index contributed by atoms with van der Waals surface area (Å²) in [4.78, 5) is 12.5. The van der Waals surface area contributed by atoms with E-state index in [0.29, 0.717) is 15.6 Å². The SMILES string of the molecule is O=C(NCC1(O)CCCc2occc21)c1ccc(Cl)s1. The molecule has 106 valence electrons. The van der Waals surface area contributed by atoms with Crippen LogP contribution in [0.2, 0.25) is 4.34 Å². The van der Waals surface area contributed by atoms with Crippen molar-refractivity contribution in [3.05, 3.63) is 45.0 Å². The Hall–Kier alpha value is -1.30. The smallest absolute Gasteiger partial charge is 0.261 e. The summed E-state index contributed by atoms with van der Waals surface area (Å²) in [7, 11) is 0. The van der Waals surface area contributed by atoms with Gasteiger partial charge in [0.2, 0.25) is 0 Å². The number of aryl methyl sites for hydroxylation is 1. The van der Waals surface area contributed by atoms with Gasteiger partial charge in [-0.3, -0.25) is 4.79 Å². The van der Waals surface area contributed by atoms with Crippen LogP contribution in [0.3, 0.4) is 0 Å². The van der Waals surface area contributed by atoms with E-state index in [1.54, 1.807) is 24.5 Å². The number of hydrogen-bond acceptors (Lipinski definition) is 4. The Morgan fingerprint density at radius 2 is 2.35 bits per heavy atom. The second-order valence-electron chi connectivity index (χ2n) is 4.93. The van der Waals surface area contributed by atoms with Gasteiger partial charge in [-0.2, -0.15) is 0 Å². The lowest BCUT2D eigenvalue weighted by Crippen LogP contribution is -2.42. The van der Waals surface area contributed by atoms with Crippen molar-refractivity contribution < 1.29 is 14.3 Å². The van der Waals surface area contributed by atoms with Crippen molar-refractivity contribution in [2.75, 3.05) is 6.54 Å². The molecule has 3 rings (SSSR count). The van der Waals surface area contributed by atoms with Gasteiger partial charge in [0.15, 0.2) is 0 Å². The predicted octanol–water partition coefficient (Wildman–Crippen LogP) is 2.95. The molecule has 4 nitrogen and oxygen atoms in total. The van der Waals surface area contributed by atoms with Gasteiger partial charge in [-0.25, -0.2) is 0 Å². The second-order valence-corrected chi connectivity index (χ2v) is 6.64. The normalized spacial score (nSPS) is 21.5. The van der Waals surface area contributed by atoms with Crippen molar-refractivity contribution >= 4 is 28.8 Å². The number of fused-ring (bicyclic) bond motifs is 1. The molecule has 0 spiro atoms. The number of halogens is 1. The van der Waals surface area contributed by atoms with Gasteiger partial charge >= 0.3 is 0 Å². The highest BCUT2D eigenvalue weighted by Gasteiger charge is 2.36. The molecule has 2 N–H and O–H groups in total. The van der Waals surface area contributed by atoms with E-state index < -0.39 is 5.60 Å². The molecule has 2 aromatic heterocycles. The zero-order chi connectivity index (χ0) is 14.2. The Morgan fingerprint density at radius 1 is 1.50 bits per heavy atom. The van der Waals surface area contributed by atoms with Crippen LogP contribution in [-0.2, 0) is 12.0 Å². The molecule has 0 saturated heterocycles. The molecule has 0 saturated carbocycles. The van der Waals surface area contributed by atoms with E-state index in [-0.39, 0.29) is 12.5 Å². The van der Waals surface area contributed by atoms with E-state index in [0.717, 1.165) is 24.2 Å². The predicted molar refractivity (Wildman–Crippen MR) is 77.2 cm³/mol. The average molecular weight is 312 g/mol. The number of amides is 1. The first-order valence-electron chi connectivity index (χ1n) is 6.41. The van der Waals surface area contributed by atoms with Crippen molar-refractivity contribution in [1.29, 1.82) is 0 Å². The maximum Gasteiger partial charge on any atom is 0.261 e. The summed E-state index contributed by atoms with van der Waals surface area (Å²) in [6.07, 6.45) is 3.88. The van der Waals surface area contributed by atoms with Crippen LogP contribution >= 0.6 is 22.9 Å². The summed E-state index contributed by atoms with van der Waals surface area (Å²) < 4.78 is 5.93. The van der Waals surface area contributed by atoms with Gasteiger partial charge in [-0.15, -0.1) is 11.3 Å². The third-order valence-corrected chi connectivity index (χ3v) is 4.81. The molecule has 6 heteroatoms. The molecular formula is C14H14ClNO3S. The number of thiophene rings is 1. The van der Waals surface area contributed by atoms with E-state index in [1.807, 2.05) is 0 Å². The topological polar surface area (TPSA) is 62.5 Å². The van der Waals surface area contributed by atoms with Crippen LogP contribution < -0.4 is 5.32 Å². The van der Waals surface area contributed by atoms with Gasteiger partial charge in [0.05, 0.1) is 22.0 Å². The summed E-state index contributed by atoms with van der Waals surface area (Å²) >= 11 is 7.03. The van der Waals surface area contributed by atoms with Crippen molar-refractivity contribution in [1.82, 2.24) is 5.32 Å². The van der Waals surface area contributed by atoms with Gasteiger partial charge in [-0.05, 0) is 31.0 Å². The summed E-state index contributed by atoms with van der Waals surface area (Å²) in [6.45, 7) is 0.174. The molecular weight excluding hydrogens is 298 g/mol. The minimum absolute atomic E-state index is 0.174. The van der Waals surface area contributed by atoms with Crippen LogP contribution in [0.15, 0.2) is 28.9 Å². The Bertz CT molecular complexity index is 636. The first-order valence-corrected chi connectivity index (χ1v) is 7.61. The largest absolute Gasteiger partial charge is 0.469 e. The third-order valence-electron chi connectivity index (χ3n) is 3.58. The van der Waals surface area contributed by atoms with Crippen LogP contribution in [0, 0.1) is 0 Å². The lowest BCUT2D eigenvalue weighted by molar-refractivity contribution is 0.0169. The zero-order valence-corrected chi connectivity index (χ0v) is 12.3. The molecule has 0 aromatic carbocycles. The molecule has 1 unspecified atom stereocenters. The fourth-order valence-electron chi connectivity index (χ4n) is 2.56. The number of carbonyl (C=O) groups is 1. The maximum absolute atomic E-state index is 12.0. The Kier molecular flexibility index (Phi) is 3.58. The van der Waals surface area contributed by atoms with Gasteiger partial charge in [-0.1, -0.05) is 11.6 Å². The first kappa shape index (κ1) is 13.7. The minimum Gasteiger partial charge on any atom is -0.469 e. The lowest BCUT2D eigenvalue weighted by Gasteiger charge is -2.31. The molecule has 0 radical (unpaired) electrons. The molecule has 2 aromatic rings. The number of aliphatic hydroxyl groups is 1. The number of carbonyl (C=O) groups excluding carboxylic acids is 1. The number of furan rings is 1. The third kappa shape index (κ3) is 2.49. The van der Waals surface area contributed by atoms with Crippen LogP contribution in [0.25, 0.3) is 0 Å². The zero-order valence-electron chi connectivity index (χ0n) is 10.7. The summed E-state index contributed by atoms with van der Waals surface area (Å²) in [5.74, 6) is 0.595. The van der Waals surface area contributed by atoms with E-state index in [1.165, 1.54) is 11.3 Å². The fraction of sp³-hybridized carbons (Fsp3) is 0.357. The Morgan fingerprint density at radius 3 is 3.10 bits per heavy atom. The highest BCUT2D eigenvalue weighted by molar-refractivity contribution is 7.17. The molecule has 1 aliphatic carbocycles. The highest BCUT2D eigenvalue weighted by atomic mass is 35.5. The molecule has 0 bridgehead atoms. The quantitative estimate of drug-likeness (QED) is 0.916. The molecule has 20 heavy (non-hydrogen) atoms. The van der Waals surface area contributed by atoms with Gasteiger partial charge in [0.1, 0.15) is 11.4 Å². The lowest BCUT2D eigenvalue weighted by atomic mass is 9.83. The van der Waals surface area contributed by atoms with Gasteiger partial charge in [0.25, 0.3) is 5.91 Å². The fourth-order valence-corrected chi connectivity index (χ4v) is 3.52. The van der Waals surface area contributed by atoms with Crippen molar-refractivity contribution in [3.8, 4) is 0 Å². The van der Waals surface area contributed by atoms with E-state index in [4.69, 9.17) is 16.0 Å². The molecule has 1 atom stereocenters. The van der Waals surface area contributed by atoms with Crippen LogP contribution in [0.1, 0.15) is 33.8 Å². The second kappa shape index (κ2) is 5.24. The highest BCUT2D eigenvalue weighted by Crippen LogP contribution is 2.35. The standard InChI is InChI=1S/C14H14ClNO3S/c15-12-4-3-11(20-12)13(17)16-8-14(18)6-1-2-10-9(14)5-7-19-10/h3-5,7,18H,1-2,6,8H2,(H,16,17). The van der Waals surface area contributed by atoms with Crippen molar-refractivity contribution in [3.63, 3.8) is 0 Å². The minimum atomic E-state index is -1.04. The molecule has 2 heterocycles. The van der Waals surface area contributed by atoms with E-state index in [9.17, 15) is 9.90 Å². The first-order chi connectivity index (χ1) is 9.58. The molecule has 0 fully saturated rings. The van der Waals surface area contributed by atoms with Gasteiger partial charge in [0, 0.05) is 12.0 Å². The number of rotatable bonds is 3.